The Hall–Kier alpha value is -3.94. The van der Waals surface area contributed by atoms with Gasteiger partial charge < -0.3 is 15.8 Å². The van der Waals surface area contributed by atoms with Gasteiger partial charge in [0.2, 0.25) is 5.88 Å². The normalized spacial score (nSPS) is 18.2. The molecule has 3 N–H and O–H groups in total. The Morgan fingerprint density at radius 3 is 2.64 bits per heavy atom. The minimum absolute atomic E-state index is 0.128. The van der Waals surface area contributed by atoms with Gasteiger partial charge in [-0.25, -0.2) is 14.5 Å². The molecule has 168 valence electrons. The predicted octanol–water partition coefficient (Wildman–Crippen LogP) is 3.84. The zero-order valence-electron chi connectivity index (χ0n) is 18.4. The number of nitrogens with two attached hydrogens (primary N) is 1. The molecule has 0 bridgehead atoms. The van der Waals surface area contributed by atoms with Crippen LogP contribution in [0.5, 0.6) is 5.88 Å². The van der Waals surface area contributed by atoms with Gasteiger partial charge in [-0.05, 0) is 49.3 Å². The second kappa shape index (κ2) is 8.90. The highest BCUT2D eigenvalue weighted by molar-refractivity contribution is 6.05. The van der Waals surface area contributed by atoms with Crippen LogP contribution in [0.4, 0.5) is 5.82 Å². The fourth-order valence-corrected chi connectivity index (χ4v) is 4.69. The van der Waals surface area contributed by atoms with Crippen LogP contribution in [-0.2, 0) is 0 Å². The molecule has 33 heavy (non-hydrogen) atoms. The van der Waals surface area contributed by atoms with Crippen molar-refractivity contribution in [2.45, 2.75) is 37.6 Å². The first-order valence-electron chi connectivity index (χ1n) is 11.1. The summed E-state index contributed by atoms with van der Waals surface area (Å²) in [5, 5.41) is 7.57. The molecule has 8 heteroatoms. The molecular weight excluding hydrogens is 416 g/mol. The van der Waals surface area contributed by atoms with E-state index in [1.165, 1.54) is 11.9 Å². The maximum atomic E-state index is 13.3. The number of aromatic nitrogens is 4. The van der Waals surface area contributed by atoms with Crippen LogP contribution in [0, 0.1) is 0 Å². The molecule has 0 radical (unpaired) electrons. The Kier molecular flexibility index (Phi) is 5.64. The molecule has 1 fully saturated rings. The van der Waals surface area contributed by atoms with E-state index in [1.54, 1.807) is 30.0 Å². The van der Waals surface area contributed by atoms with Crippen molar-refractivity contribution in [2.75, 3.05) is 12.8 Å². The summed E-state index contributed by atoms with van der Waals surface area (Å²) in [6.45, 7) is 0. The molecule has 1 saturated carbocycles. The van der Waals surface area contributed by atoms with Gasteiger partial charge >= 0.3 is 0 Å². The van der Waals surface area contributed by atoms with Gasteiger partial charge in [-0.15, -0.1) is 0 Å². The van der Waals surface area contributed by atoms with Crippen LogP contribution in [0.1, 0.15) is 47.5 Å². The van der Waals surface area contributed by atoms with Crippen molar-refractivity contribution >= 4 is 17.2 Å². The zero-order chi connectivity index (χ0) is 22.8. The number of hydrogen-bond donors (Lipinski definition) is 2. The Labute approximate surface area is 191 Å². The van der Waals surface area contributed by atoms with E-state index >= 15 is 0 Å². The number of nitrogens with zero attached hydrogens (tertiary/aromatic N) is 4. The average molecular weight is 443 g/mol. The standard InChI is InChI=1S/C25H26N6O2/c1-33-22-13-18(11-12-27-22)21-14-20(23-24(26)28-15-29-31(21)23)25(32)30-19-9-7-17(8-10-19)16-5-3-2-4-6-16/h2-6,11-15,17,19H,7-10H2,1H3,(H,30,32)(H2,26,28,29). The summed E-state index contributed by atoms with van der Waals surface area (Å²) in [6.07, 6.45) is 7.03. The number of ether oxygens (including phenoxy) is 1. The third kappa shape index (κ3) is 4.11. The predicted molar refractivity (Wildman–Crippen MR) is 126 cm³/mol. The first-order valence-corrected chi connectivity index (χ1v) is 11.1. The van der Waals surface area contributed by atoms with Crippen LogP contribution in [0.2, 0.25) is 0 Å². The number of methoxy groups -OCH3 is 1. The molecule has 0 aliphatic heterocycles. The van der Waals surface area contributed by atoms with Gasteiger partial charge in [0, 0.05) is 23.9 Å². The highest BCUT2D eigenvalue weighted by Gasteiger charge is 2.26. The lowest BCUT2D eigenvalue weighted by atomic mass is 9.82. The van der Waals surface area contributed by atoms with E-state index in [2.05, 4.69) is 44.6 Å². The number of carbonyl (C=O) groups excluding carboxylic acids is 1. The van der Waals surface area contributed by atoms with Crippen molar-refractivity contribution in [3.8, 4) is 17.1 Å². The third-order valence-corrected chi connectivity index (χ3v) is 6.40. The molecule has 1 aromatic carbocycles. The molecule has 0 atom stereocenters. The van der Waals surface area contributed by atoms with Crippen LogP contribution >= 0.6 is 0 Å². The Morgan fingerprint density at radius 2 is 1.88 bits per heavy atom. The minimum Gasteiger partial charge on any atom is -0.481 e. The number of anilines is 1. The van der Waals surface area contributed by atoms with Gasteiger partial charge in [-0.3, -0.25) is 4.79 Å². The first kappa shape index (κ1) is 20.9. The van der Waals surface area contributed by atoms with Crippen molar-refractivity contribution in [2.24, 2.45) is 0 Å². The van der Waals surface area contributed by atoms with Crippen molar-refractivity contribution in [3.63, 3.8) is 0 Å². The molecule has 3 heterocycles. The highest BCUT2D eigenvalue weighted by atomic mass is 16.5. The molecule has 5 rings (SSSR count). The van der Waals surface area contributed by atoms with Crippen LogP contribution < -0.4 is 15.8 Å². The quantitative estimate of drug-likeness (QED) is 0.486. The smallest absolute Gasteiger partial charge is 0.253 e. The maximum absolute atomic E-state index is 13.3. The van der Waals surface area contributed by atoms with E-state index in [9.17, 15) is 4.79 Å². The van der Waals surface area contributed by atoms with Crippen LogP contribution in [0.25, 0.3) is 16.8 Å². The lowest BCUT2D eigenvalue weighted by molar-refractivity contribution is 0.0927. The number of carbonyl (C=O) groups is 1. The summed E-state index contributed by atoms with van der Waals surface area (Å²) in [4.78, 5) is 21.6. The van der Waals surface area contributed by atoms with E-state index < -0.39 is 0 Å². The van der Waals surface area contributed by atoms with E-state index in [1.807, 2.05) is 12.1 Å². The topological polar surface area (TPSA) is 107 Å². The molecule has 4 aromatic rings. The van der Waals surface area contributed by atoms with E-state index in [0.717, 1.165) is 36.9 Å². The lowest BCUT2D eigenvalue weighted by Crippen LogP contribution is -2.37. The van der Waals surface area contributed by atoms with E-state index in [0.29, 0.717) is 22.9 Å². The van der Waals surface area contributed by atoms with Gasteiger partial charge in [-0.2, -0.15) is 5.10 Å². The summed E-state index contributed by atoms with van der Waals surface area (Å²) < 4.78 is 6.90. The van der Waals surface area contributed by atoms with Crippen molar-refractivity contribution in [1.29, 1.82) is 0 Å². The number of hydrogen-bond acceptors (Lipinski definition) is 6. The Balaban J connectivity index is 1.39. The number of pyridine rings is 1. The number of fused-ring (bicyclic) bond motifs is 1. The first-order chi connectivity index (χ1) is 16.1. The number of benzene rings is 1. The van der Waals surface area contributed by atoms with Crippen LogP contribution in [-0.4, -0.2) is 38.6 Å². The molecule has 0 unspecified atom stereocenters. The van der Waals surface area contributed by atoms with E-state index in [-0.39, 0.29) is 17.8 Å². The van der Waals surface area contributed by atoms with Crippen molar-refractivity contribution in [3.05, 3.63) is 72.2 Å². The largest absolute Gasteiger partial charge is 0.481 e. The number of nitrogens with one attached hydrogen (secondary N) is 1. The molecule has 8 nitrogen and oxygen atoms in total. The highest BCUT2D eigenvalue weighted by Crippen LogP contribution is 2.33. The van der Waals surface area contributed by atoms with Crippen LogP contribution in [0.15, 0.2) is 61.1 Å². The molecular formula is C25H26N6O2. The molecule has 0 spiro atoms. The second-order valence-corrected chi connectivity index (χ2v) is 8.37. The van der Waals surface area contributed by atoms with Crippen LogP contribution in [0.3, 0.4) is 0 Å². The average Bonchev–Trinajstić information content (AvgIpc) is 3.26. The number of nitrogen functional groups attached to an aromatic ring is 1. The summed E-state index contributed by atoms with van der Waals surface area (Å²) >= 11 is 0. The maximum Gasteiger partial charge on any atom is 0.253 e. The van der Waals surface area contributed by atoms with Gasteiger partial charge in [0.05, 0.1) is 18.4 Å². The van der Waals surface area contributed by atoms with Gasteiger partial charge in [0.1, 0.15) is 11.8 Å². The zero-order valence-corrected chi connectivity index (χ0v) is 18.4. The molecule has 1 amide bonds. The molecule has 1 aliphatic rings. The van der Waals surface area contributed by atoms with Gasteiger partial charge in [-0.1, -0.05) is 30.3 Å². The number of rotatable bonds is 5. The second-order valence-electron chi connectivity index (χ2n) is 8.37. The Bertz CT molecular complexity index is 1280. The van der Waals surface area contributed by atoms with Gasteiger partial charge in [0.15, 0.2) is 5.82 Å². The minimum atomic E-state index is -0.163. The molecule has 3 aromatic heterocycles. The fraction of sp³-hybridized carbons (Fsp3) is 0.280. The third-order valence-electron chi connectivity index (χ3n) is 6.40. The van der Waals surface area contributed by atoms with Gasteiger partial charge in [0.25, 0.3) is 5.91 Å². The summed E-state index contributed by atoms with van der Waals surface area (Å²) in [7, 11) is 1.56. The lowest BCUT2D eigenvalue weighted by Gasteiger charge is -2.29. The fourth-order valence-electron chi connectivity index (χ4n) is 4.69. The summed E-state index contributed by atoms with van der Waals surface area (Å²) in [5.74, 6) is 1.12. The van der Waals surface area contributed by atoms with Crippen molar-refractivity contribution in [1.82, 2.24) is 24.9 Å². The molecule has 0 saturated heterocycles. The SMILES string of the molecule is COc1cc(-c2cc(C(=O)NC3CCC(c4ccccc4)CC3)c3c(N)ncnn23)ccn1. The molecule has 1 aliphatic carbocycles. The summed E-state index contributed by atoms with van der Waals surface area (Å²) in [6, 6.07) is 16.2. The summed E-state index contributed by atoms with van der Waals surface area (Å²) in [5.41, 5.74) is 10.0. The van der Waals surface area contributed by atoms with Crippen molar-refractivity contribution < 1.29 is 9.53 Å². The Morgan fingerprint density at radius 1 is 1.09 bits per heavy atom. The van der Waals surface area contributed by atoms with E-state index in [4.69, 9.17) is 10.5 Å². The number of amides is 1. The monoisotopic (exact) mass is 442 g/mol.